The summed E-state index contributed by atoms with van der Waals surface area (Å²) >= 11 is 0. The van der Waals surface area contributed by atoms with Crippen LogP contribution in [0, 0.1) is 0 Å². The molecule has 0 spiro atoms. The zero-order chi connectivity index (χ0) is 10.0. The highest BCUT2D eigenvalue weighted by molar-refractivity contribution is 5.35. The summed E-state index contributed by atoms with van der Waals surface area (Å²) in [5, 5.41) is 0. The van der Waals surface area contributed by atoms with Crippen LogP contribution >= 0.6 is 0 Å². The lowest BCUT2D eigenvalue weighted by Gasteiger charge is -2.40. The second kappa shape index (κ2) is 3.58. The molecule has 76 valence electrons. The van der Waals surface area contributed by atoms with Crippen LogP contribution in [0.1, 0.15) is 25.0 Å². The molecule has 0 unspecified atom stereocenters. The summed E-state index contributed by atoms with van der Waals surface area (Å²) in [5.41, 5.74) is 6.96. The number of rotatable bonds is 3. The van der Waals surface area contributed by atoms with Crippen molar-refractivity contribution in [1.29, 1.82) is 0 Å². The van der Waals surface area contributed by atoms with Crippen LogP contribution in [0.4, 0.5) is 0 Å². The fraction of sp³-hybridized carbons (Fsp3) is 0.545. The summed E-state index contributed by atoms with van der Waals surface area (Å²) in [6, 6.07) is 3.85. The molecule has 1 fully saturated rings. The first-order valence-electron chi connectivity index (χ1n) is 5.02. The van der Waals surface area contributed by atoms with Crippen LogP contribution in [0.25, 0.3) is 0 Å². The summed E-state index contributed by atoms with van der Waals surface area (Å²) in [7, 11) is 1.68. The highest BCUT2D eigenvalue weighted by Crippen LogP contribution is 2.44. The Morgan fingerprint density at radius 3 is 2.86 bits per heavy atom. The van der Waals surface area contributed by atoms with E-state index in [9.17, 15) is 0 Å². The van der Waals surface area contributed by atoms with Gasteiger partial charge in [-0.25, -0.2) is 0 Å². The fourth-order valence-electron chi connectivity index (χ4n) is 2.09. The second-order valence-electron chi connectivity index (χ2n) is 3.89. The average Bonchev–Trinajstić information content (AvgIpc) is 2.18. The van der Waals surface area contributed by atoms with Crippen molar-refractivity contribution in [2.24, 2.45) is 5.73 Å². The molecule has 14 heavy (non-hydrogen) atoms. The van der Waals surface area contributed by atoms with Crippen molar-refractivity contribution in [3.05, 3.63) is 24.0 Å². The van der Waals surface area contributed by atoms with E-state index in [1.807, 2.05) is 18.3 Å². The third kappa shape index (κ3) is 1.28. The van der Waals surface area contributed by atoms with E-state index in [2.05, 4.69) is 4.98 Å². The van der Waals surface area contributed by atoms with Gasteiger partial charge in [0, 0.05) is 18.2 Å². The van der Waals surface area contributed by atoms with Gasteiger partial charge in [-0.05, 0) is 25.0 Å². The van der Waals surface area contributed by atoms with Gasteiger partial charge in [0.25, 0.3) is 0 Å². The zero-order valence-corrected chi connectivity index (χ0v) is 8.49. The van der Waals surface area contributed by atoms with Gasteiger partial charge >= 0.3 is 0 Å². The Bertz CT molecular complexity index is 315. The lowest BCUT2D eigenvalue weighted by Crippen LogP contribution is -2.42. The lowest BCUT2D eigenvalue weighted by molar-refractivity contribution is 0.235. The zero-order valence-electron chi connectivity index (χ0n) is 8.49. The predicted octanol–water partition coefficient (Wildman–Crippen LogP) is 1.47. The minimum atomic E-state index is 0.0899. The Kier molecular flexibility index (Phi) is 2.42. The number of pyridine rings is 1. The van der Waals surface area contributed by atoms with Gasteiger partial charge in [0.15, 0.2) is 0 Å². The third-order valence-electron chi connectivity index (χ3n) is 3.19. The number of nitrogens with zero attached hydrogens (tertiary/aromatic N) is 1. The van der Waals surface area contributed by atoms with E-state index in [1.54, 1.807) is 7.11 Å². The largest absolute Gasteiger partial charge is 0.495 e. The first-order valence-corrected chi connectivity index (χ1v) is 5.02. The minimum absolute atomic E-state index is 0.0899. The molecule has 1 heterocycles. The molecule has 3 heteroatoms. The van der Waals surface area contributed by atoms with Gasteiger partial charge in [0.1, 0.15) is 5.75 Å². The van der Waals surface area contributed by atoms with Gasteiger partial charge in [-0.3, -0.25) is 4.98 Å². The second-order valence-corrected chi connectivity index (χ2v) is 3.89. The van der Waals surface area contributed by atoms with Gasteiger partial charge in [-0.1, -0.05) is 6.42 Å². The maximum absolute atomic E-state index is 5.83. The van der Waals surface area contributed by atoms with Gasteiger partial charge in [-0.15, -0.1) is 0 Å². The van der Waals surface area contributed by atoms with E-state index in [0.29, 0.717) is 6.54 Å². The normalized spacial score (nSPS) is 18.7. The van der Waals surface area contributed by atoms with Gasteiger partial charge in [-0.2, -0.15) is 0 Å². The van der Waals surface area contributed by atoms with Crippen molar-refractivity contribution >= 4 is 0 Å². The molecule has 3 nitrogen and oxygen atoms in total. The van der Waals surface area contributed by atoms with Crippen molar-refractivity contribution < 1.29 is 4.74 Å². The molecule has 1 saturated carbocycles. The molecule has 0 radical (unpaired) electrons. The Hall–Kier alpha value is -1.09. The lowest BCUT2D eigenvalue weighted by atomic mass is 9.66. The van der Waals surface area contributed by atoms with E-state index in [4.69, 9.17) is 10.5 Å². The number of aromatic nitrogens is 1. The third-order valence-corrected chi connectivity index (χ3v) is 3.19. The summed E-state index contributed by atoms with van der Waals surface area (Å²) in [5.74, 6) is 0.873. The molecule has 0 bridgehead atoms. The van der Waals surface area contributed by atoms with Crippen LogP contribution in [-0.4, -0.2) is 18.6 Å². The van der Waals surface area contributed by atoms with Crippen LogP contribution in [0.2, 0.25) is 0 Å². The first-order chi connectivity index (χ1) is 6.82. The Morgan fingerprint density at radius 2 is 2.36 bits per heavy atom. The van der Waals surface area contributed by atoms with Crippen molar-refractivity contribution in [2.75, 3.05) is 13.7 Å². The average molecular weight is 192 g/mol. The fourth-order valence-corrected chi connectivity index (χ4v) is 2.09. The quantitative estimate of drug-likeness (QED) is 0.789. The van der Waals surface area contributed by atoms with Gasteiger partial charge in [0.05, 0.1) is 12.8 Å². The molecule has 0 saturated heterocycles. The number of nitrogens with two attached hydrogens (primary N) is 1. The summed E-state index contributed by atoms with van der Waals surface area (Å²) in [6.07, 6.45) is 5.33. The molecule has 1 aliphatic carbocycles. The van der Waals surface area contributed by atoms with E-state index < -0.39 is 0 Å². The van der Waals surface area contributed by atoms with Crippen LogP contribution < -0.4 is 10.5 Å². The molecule has 0 amide bonds. The van der Waals surface area contributed by atoms with Crippen molar-refractivity contribution in [2.45, 2.75) is 24.7 Å². The SMILES string of the molecule is COc1cccnc1C1(CN)CCC1. The number of ether oxygens (including phenoxy) is 1. The number of methoxy groups -OCH3 is 1. The van der Waals surface area contributed by atoms with E-state index in [-0.39, 0.29) is 5.41 Å². The van der Waals surface area contributed by atoms with Gasteiger partial charge in [0.2, 0.25) is 0 Å². The maximum Gasteiger partial charge on any atom is 0.140 e. The highest BCUT2D eigenvalue weighted by atomic mass is 16.5. The highest BCUT2D eigenvalue weighted by Gasteiger charge is 2.40. The van der Waals surface area contributed by atoms with Crippen molar-refractivity contribution in [3.8, 4) is 5.75 Å². The number of hydrogen-bond acceptors (Lipinski definition) is 3. The van der Waals surface area contributed by atoms with E-state index >= 15 is 0 Å². The molecule has 0 aromatic carbocycles. The molecular formula is C11H16N2O. The monoisotopic (exact) mass is 192 g/mol. The molecule has 0 aliphatic heterocycles. The predicted molar refractivity (Wildman–Crippen MR) is 55.4 cm³/mol. The minimum Gasteiger partial charge on any atom is -0.495 e. The number of hydrogen-bond donors (Lipinski definition) is 1. The molecule has 1 aromatic rings. The van der Waals surface area contributed by atoms with Crippen LogP contribution in [-0.2, 0) is 5.41 Å². The van der Waals surface area contributed by atoms with Crippen molar-refractivity contribution in [3.63, 3.8) is 0 Å². The Labute approximate surface area is 84.3 Å². The van der Waals surface area contributed by atoms with E-state index in [1.165, 1.54) is 6.42 Å². The smallest absolute Gasteiger partial charge is 0.140 e. The molecule has 2 rings (SSSR count). The molecule has 0 atom stereocenters. The van der Waals surface area contributed by atoms with E-state index in [0.717, 1.165) is 24.3 Å². The van der Waals surface area contributed by atoms with Crippen molar-refractivity contribution in [1.82, 2.24) is 4.98 Å². The summed E-state index contributed by atoms with van der Waals surface area (Å²) < 4.78 is 5.31. The first kappa shape index (κ1) is 9.46. The van der Waals surface area contributed by atoms with Crippen LogP contribution in [0.5, 0.6) is 5.75 Å². The molecular weight excluding hydrogens is 176 g/mol. The Balaban J connectivity index is 2.38. The molecule has 1 aliphatic rings. The Morgan fingerprint density at radius 1 is 1.57 bits per heavy atom. The van der Waals surface area contributed by atoms with Crippen LogP contribution in [0.3, 0.4) is 0 Å². The summed E-state index contributed by atoms with van der Waals surface area (Å²) in [6.45, 7) is 0.667. The molecule has 2 N–H and O–H groups in total. The summed E-state index contributed by atoms with van der Waals surface area (Å²) in [4.78, 5) is 4.41. The standard InChI is InChI=1S/C11H16N2O/c1-14-9-4-2-7-13-10(9)11(8-12)5-3-6-11/h2,4,7H,3,5-6,8,12H2,1H3. The van der Waals surface area contributed by atoms with Gasteiger partial charge < -0.3 is 10.5 Å². The maximum atomic E-state index is 5.83. The molecule has 1 aromatic heterocycles. The van der Waals surface area contributed by atoms with Crippen LogP contribution in [0.15, 0.2) is 18.3 Å². The topological polar surface area (TPSA) is 48.1 Å².